The first-order valence-corrected chi connectivity index (χ1v) is 6.12. The van der Waals surface area contributed by atoms with Crippen LogP contribution in [-0.4, -0.2) is 10.9 Å². The fourth-order valence-electron chi connectivity index (χ4n) is 1.80. The van der Waals surface area contributed by atoms with Crippen LogP contribution in [0.1, 0.15) is 28.4 Å². The second-order valence-corrected chi connectivity index (χ2v) is 4.31. The van der Waals surface area contributed by atoms with Crippen molar-refractivity contribution in [3.8, 4) is 5.75 Å². The zero-order chi connectivity index (χ0) is 13.7. The molecule has 0 fully saturated rings. The third kappa shape index (κ3) is 3.42. The topological polar surface area (TPSA) is 46.5 Å². The maximum absolute atomic E-state index is 11.3. The predicted molar refractivity (Wildman–Crippen MR) is 73.1 cm³/mol. The third-order valence-corrected chi connectivity index (χ3v) is 2.87. The zero-order valence-electron chi connectivity index (χ0n) is 10.8. The van der Waals surface area contributed by atoms with Crippen LogP contribution in [0.25, 0.3) is 0 Å². The Balaban J connectivity index is 2.14. The lowest BCUT2D eigenvalue weighted by atomic mass is 10.1. The van der Waals surface area contributed by atoms with Gasteiger partial charge >= 0.3 is 0 Å². The summed E-state index contributed by atoms with van der Waals surface area (Å²) in [5.74, 6) is 0.584. The van der Waals surface area contributed by atoms with Crippen LogP contribution < -0.4 is 4.74 Å². The predicted octanol–water partition coefficient (Wildman–Crippen LogP) is 2.96. The molecule has 0 aliphatic rings. The van der Waals surface area contributed by atoms with Crippen molar-refractivity contribution in [2.24, 2.45) is 0 Å². The number of benzene rings is 2. The van der Waals surface area contributed by atoms with Gasteiger partial charge in [0.05, 0.1) is 6.61 Å². The van der Waals surface area contributed by atoms with Crippen molar-refractivity contribution < 1.29 is 14.6 Å². The Morgan fingerprint density at radius 2 is 1.89 bits per heavy atom. The van der Waals surface area contributed by atoms with Crippen molar-refractivity contribution >= 4 is 5.78 Å². The first-order chi connectivity index (χ1) is 9.20. The molecule has 0 saturated heterocycles. The zero-order valence-corrected chi connectivity index (χ0v) is 10.8. The lowest BCUT2D eigenvalue weighted by Crippen LogP contribution is -2.01. The van der Waals surface area contributed by atoms with Crippen LogP contribution in [0.2, 0.25) is 0 Å². The lowest BCUT2D eigenvalue weighted by Gasteiger charge is -2.11. The Morgan fingerprint density at radius 1 is 1.16 bits per heavy atom. The fraction of sp³-hybridized carbons (Fsp3) is 0.188. The van der Waals surface area contributed by atoms with Crippen LogP contribution >= 0.6 is 0 Å². The molecular weight excluding hydrogens is 240 g/mol. The molecule has 98 valence electrons. The molecule has 1 N–H and O–H groups in total. The van der Waals surface area contributed by atoms with E-state index in [1.807, 2.05) is 30.3 Å². The van der Waals surface area contributed by atoms with Crippen LogP contribution in [0.15, 0.2) is 48.5 Å². The molecule has 2 rings (SSSR count). The number of Topliss-reactive ketones (excluding diaryl/α,β-unsaturated/α-hetero) is 1. The highest BCUT2D eigenvalue weighted by Gasteiger charge is 2.07. The number of carbonyl (C=O) groups excluding carboxylic acids is 1. The summed E-state index contributed by atoms with van der Waals surface area (Å²) >= 11 is 0. The molecule has 0 radical (unpaired) electrons. The molecule has 0 bridgehead atoms. The molecule has 0 aliphatic carbocycles. The molecule has 0 saturated carbocycles. The van der Waals surface area contributed by atoms with E-state index in [2.05, 4.69) is 0 Å². The Hall–Kier alpha value is -2.13. The molecule has 0 aromatic heterocycles. The van der Waals surface area contributed by atoms with Crippen molar-refractivity contribution in [2.75, 3.05) is 0 Å². The highest BCUT2D eigenvalue weighted by atomic mass is 16.5. The first kappa shape index (κ1) is 13.3. The van der Waals surface area contributed by atoms with Crippen LogP contribution in [0.4, 0.5) is 0 Å². The van der Waals surface area contributed by atoms with Crippen LogP contribution in [-0.2, 0) is 13.2 Å². The summed E-state index contributed by atoms with van der Waals surface area (Å²) in [4.78, 5) is 11.3. The van der Waals surface area contributed by atoms with E-state index in [9.17, 15) is 9.90 Å². The number of rotatable bonds is 5. The first-order valence-electron chi connectivity index (χ1n) is 6.12. The number of aliphatic hydroxyl groups is 1. The number of aliphatic hydroxyl groups excluding tert-OH is 1. The molecule has 0 heterocycles. The minimum Gasteiger partial charge on any atom is -0.489 e. The monoisotopic (exact) mass is 256 g/mol. The van der Waals surface area contributed by atoms with E-state index in [0.717, 1.165) is 5.56 Å². The van der Waals surface area contributed by atoms with Gasteiger partial charge in [0.25, 0.3) is 0 Å². The third-order valence-electron chi connectivity index (χ3n) is 2.87. The van der Waals surface area contributed by atoms with E-state index >= 15 is 0 Å². The van der Waals surface area contributed by atoms with Gasteiger partial charge in [0, 0.05) is 11.1 Å². The van der Waals surface area contributed by atoms with Crippen molar-refractivity contribution in [1.29, 1.82) is 0 Å². The van der Waals surface area contributed by atoms with E-state index < -0.39 is 0 Å². The molecular formula is C16H16O3. The molecule has 0 spiro atoms. The van der Waals surface area contributed by atoms with Crippen LogP contribution in [0.3, 0.4) is 0 Å². The Bertz CT molecular complexity index is 561. The van der Waals surface area contributed by atoms with E-state index in [1.165, 1.54) is 6.92 Å². The smallest absolute Gasteiger partial charge is 0.159 e. The summed E-state index contributed by atoms with van der Waals surface area (Å²) in [6.07, 6.45) is 0. The normalized spacial score (nSPS) is 10.2. The van der Waals surface area contributed by atoms with Gasteiger partial charge < -0.3 is 9.84 Å². The molecule has 0 unspecified atom stereocenters. The van der Waals surface area contributed by atoms with Gasteiger partial charge in [-0.3, -0.25) is 4.79 Å². The molecule has 2 aromatic carbocycles. The minimum atomic E-state index is -0.148. The van der Waals surface area contributed by atoms with E-state index in [-0.39, 0.29) is 12.4 Å². The Kier molecular flexibility index (Phi) is 4.31. The summed E-state index contributed by atoms with van der Waals surface area (Å²) in [5, 5.41) is 9.33. The van der Waals surface area contributed by atoms with Crippen molar-refractivity contribution in [2.45, 2.75) is 20.1 Å². The summed E-state index contributed by atoms with van der Waals surface area (Å²) < 4.78 is 5.68. The standard InChI is InChI=1S/C16H16O3/c1-12(18)14-7-8-16(15(9-14)10-17)19-11-13-5-3-2-4-6-13/h2-9,17H,10-11H2,1H3. The molecule has 3 nitrogen and oxygen atoms in total. The Morgan fingerprint density at radius 3 is 2.53 bits per heavy atom. The second-order valence-electron chi connectivity index (χ2n) is 4.31. The largest absolute Gasteiger partial charge is 0.489 e. The molecule has 0 aliphatic heterocycles. The van der Waals surface area contributed by atoms with Crippen molar-refractivity contribution in [1.82, 2.24) is 0 Å². The van der Waals surface area contributed by atoms with E-state index in [1.54, 1.807) is 18.2 Å². The van der Waals surface area contributed by atoms with E-state index in [0.29, 0.717) is 23.5 Å². The summed E-state index contributed by atoms with van der Waals surface area (Å²) in [5.41, 5.74) is 2.27. The van der Waals surface area contributed by atoms with Gasteiger partial charge in [-0.2, -0.15) is 0 Å². The molecule has 3 heteroatoms. The number of carbonyl (C=O) groups is 1. The van der Waals surface area contributed by atoms with Crippen molar-refractivity contribution in [3.63, 3.8) is 0 Å². The highest BCUT2D eigenvalue weighted by Crippen LogP contribution is 2.21. The van der Waals surface area contributed by atoms with Gasteiger partial charge in [-0.05, 0) is 30.7 Å². The van der Waals surface area contributed by atoms with E-state index in [4.69, 9.17) is 4.74 Å². The van der Waals surface area contributed by atoms with Gasteiger partial charge in [-0.25, -0.2) is 0 Å². The van der Waals surface area contributed by atoms with Gasteiger partial charge in [0.2, 0.25) is 0 Å². The molecule has 2 aromatic rings. The number of ketones is 1. The molecule has 0 amide bonds. The average molecular weight is 256 g/mol. The Labute approximate surface area is 112 Å². The SMILES string of the molecule is CC(=O)c1ccc(OCc2ccccc2)c(CO)c1. The lowest BCUT2D eigenvalue weighted by molar-refractivity contribution is 0.101. The quantitative estimate of drug-likeness (QED) is 0.837. The summed E-state index contributed by atoms with van der Waals surface area (Å²) in [6.45, 7) is 1.79. The summed E-state index contributed by atoms with van der Waals surface area (Å²) in [7, 11) is 0. The molecule has 19 heavy (non-hydrogen) atoms. The van der Waals surface area contributed by atoms with Gasteiger partial charge in [-0.15, -0.1) is 0 Å². The average Bonchev–Trinajstić information content (AvgIpc) is 2.45. The minimum absolute atomic E-state index is 0.0238. The summed E-state index contributed by atoms with van der Waals surface area (Å²) in [6, 6.07) is 14.9. The number of ether oxygens (including phenoxy) is 1. The van der Waals surface area contributed by atoms with Gasteiger partial charge in [-0.1, -0.05) is 30.3 Å². The van der Waals surface area contributed by atoms with Gasteiger partial charge in [0.15, 0.2) is 5.78 Å². The maximum atomic E-state index is 11.3. The number of hydrogen-bond donors (Lipinski definition) is 1. The number of hydrogen-bond acceptors (Lipinski definition) is 3. The van der Waals surface area contributed by atoms with Gasteiger partial charge in [0.1, 0.15) is 12.4 Å². The second kappa shape index (κ2) is 6.16. The maximum Gasteiger partial charge on any atom is 0.159 e. The highest BCUT2D eigenvalue weighted by molar-refractivity contribution is 5.94. The fourth-order valence-corrected chi connectivity index (χ4v) is 1.80. The van der Waals surface area contributed by atoms with Crippen LogP contribution in [0.5, 0.6) is 5.75 Å². The van der Waals surface area contributed by atoms with Crippen LogP contribution in [0, 0.1) is 0 Å². The molecule has 0 atom stereocenters. The van der Waals surface area contributed by atoms with Crippen molar-refractivity contribution in [3.05, 3.63) is 65.2 Å².